The van der Waals surface area contributed by atoms with E-state index in [1.165, 1.54) is 0 Å². The van der Waals surface area contributed by atoms with Gasteiger partial charge in [0.25, 0.3) is 0 Å². The van der Waals surface area contributed by atoms with Crippen LogP contribution in [0.5, 0.6) is 0 Å². The van der Waals surface area contributed by atoms with Gasteiger partial charge in [-0.1, -0.05) is 6.58 Å². The molecule has 10 heavy (non-hydrogen) atoms. The highest BCUT2D eigenvalue weighted by Gasteiger charge is 2.19. The van der Waals surface area contributed by atoms with Gasteiger partial charge in [0.2, 0.25) is 0 Å². The van der Waals surface area contributed by atoms with E-state index in [0.717, 1.165) is 0 Å². The molecular formula is C4H6F3NO2. The first-order chi connectivity index (χ1) is 4.29. The predicted molar refractivity (Wildman–Crippen MR) is 28.5 cm³/mol. The molecule has 0 aromatic carbocycles. The van der Waals surface area contributed by atoms with Crippen molar-refractivity contribution in [1.82, 2.24) is 0 Å². The first-order valence-electron chi connectivity index (χ1n) is 1.98. The number of carboxylic acid groups (broad SMARTS) is 1. The van der Waals surface area contributed by atoms with Crippen molar-refractivity contribution in [3.63, 3.8) is 0 Å². The minimum Gasteiger partial charge on any atom is -0.465 e. The fourth-order valence-electron chi connectivity index (χ4n) is 0. The molecule has 0 unspecified atom stereocenters. The van der Waals surface area contributed by atoms with Gasteiger partial charge in [-0.3, -0.25) is 0 Å². The number of rotatable bonds is 0. The molecule has 0 rings (SSSR count). The second-order valence-electron chi connectivity index (χ2n) is 1.08. The van der Waals surface area contributed by atoms with E-state index in [0.29, 0.717) is 0 Å². The lowest BCUT2D eigenvalue weighted by Gasteiger charge is -1.91. The molecule has 0 aliphatic rings. The maximum Gasteiger partial charge on any atom is 0.409 e. The van der Waals surface area contributed by atoms with Gasteiger partial charge in [0.05, 0.1) is 0 Å². The van der Waals surface area contributed by atoms with Gasteiger partial charge in [0.15, 0.2) is 0 Å². The third-order valence-electron chi connectivity index (χ3n) is 0.231. The standard InChI is InChI=1S/C3H3F3.CH3NO2/c1-2-3(4,5)6;2-1(3)4/h2H,1H2;2H2,(H,3,4). The number of alkyl halides is 3. The van der Waals surface area contributed by atoms with Crippen LogP contribution in [-0.4, -0.2) is 17.4 Å². The Morgan fingerprint density at radius 3 is 1.70 bits per heavy atom. The van der Waals surface area contributed by atoms with Gasteiger partial charge in [-0.25, -0.2) is 4.79 Å². The van der Waals surface area contributed by atoms with E-state index in [2.05, 4.69) is 12.3 Å². The van der Waals surface area contributed by atoms with Gasteiger partial charge in [0.1, 0.15) is 0 Å². The van der Waals surface area contributed by atoms with E-state index in [4.69, 9.17) is 9.90 Å². The smallest absolute Gasteiger partial charge is 0.409 e. The summed E-state index contributed by atoms with van der Waals surface area (Å²) in [7, 11) is 0. The van der Waals surface area contributed by atoms with Crippen LogP contribution >= 0.6 is 0 Å². The lowest BCUT2D eigenvalue weighted by atomic mass is 10.6. The van der Waals surface area contributed by atoms with E-state index in [1.807, 2.05) is 0 Å². The Balaban J connectivity index is 0. The van der Waals surface area contributed by atoms with Crippen molar-refractivity contribution >= 4 is 6.09 Å². The molecule has 0 heterocycles. The van der Waals surface area contributed by atoms with E-state index in [9.17, 15) is 13.2 Å². The molecule has 0 aliphatic carbocycles. The fourth-order valence-corrected chi connectivity index (χ4v) is 0. The highest BCUT2D eigenvalue weighted by atomic mass is 19.4. The van der Waals surface area contributed by atoms with Crippen molar-refractivity contribution in [2.45, 2.75) is 6.18 Å². The van der Waals surface area contributed by atoms with Gasteiger partial charge < -0.3 is 10.8 Å². The molecule has 1 amide bonds. The summed E-state index contributed by atoms with van der Waals surface area (Å²) in [5.41, 5.74) is 4.03. The average molecular weight is 157 g/mol. The maximum absolute atomic E-state index is 10.7. The van der Waals surface area contributed by atoms with E-state index >= 15 is 0 Å². The van der Waals surface area contributed by atoms with Crippen molar-refractivity contribution in [1.29, 1.82) is 0 Å². The summed E-state index contributed by atoms with van der Waals surface area (Å²) in [5.74, 6) is 0. The zero-order valence-electron chi connectivity index (χ0n) is 4.85. The van der Waals surface area contributed by atoms with Gasteiger partial charge in [-0.2, -0.15) is 13.2 Å². The van der Waals surface area contributed by atoms with E-state index < -0.39 is 12.3 Å². The first kappa shape index (κ1) is 11.6. The highest BCUT2D eigenvalue weighted by Crippen LogP contribution is 2.13. The van der Waals surface area contributed by atoms with Crippen LogP contribution in [0.1, 0.15) is 0 Å². The Labute approximate surface area is 54.9 Å². The maximum atomic E-state index is 10.7. The molecule has 0 saturated carbocycles. The zero-order valence-corrected chi connectivity index (χ0v) is 4.85. The number of hydrogen-bond donors (Lipinski definition) is 2. The van der Waals surface area contributed by atoms with Crippen LogP contribution in [0, 0.1) is 0 Å². The number of nitrogens with two attached hydrogens (primary N) is 1. The Bertz CT molecular complexity index is 116. The van der Waals surface area contributed by atoms with Gasteiger partial charge in [-0.05, 0) is 0 Å². The number of hydrogen-bond acceptors (Lipinski definition) is 1. The van der Waals surface area contributed by atoms with Crippen LogP contribution in [0.3, 0.4) is 0 Å². The van der Waals surface area contributed by atoms with Crippen molar-refractivity contribution in [3.8, 4) is 0 Å². The molecule has 0 saturated heterocycles. The Hall–Kier alpha value is -1.20. The number of halogens is 3. The number of carbonyl (C=O) groups is 1. The Morgan fingerprint density at radius 1 is 1.60 bits per heavy atom. The molecule has 0 aromatic rings. The van der Waals surface area contributed by atoms with E-state index in [-0.39, 0.29) is 6.08 Å². The molecule has 60 valence electrons. The Kier molecular flexibility index (Phi) is 5.39. The van der Waals surface area contributed by atoms with Crippen molar-refractivity contribution < 1.29 is 23.1 Å². The van der Waals surface area contributed by atoms with Crippen LogP contribution in [-0.2, 0) is 0 Å². The minimum absolute atomic E-state index is 0.0625. The van der Waals surface area contributed by atoms with Crippen molar-refractivity contribution in [2.24, 2.45) is 5.73 Å². The molecule has 0 aromatic heterocycles. The fraction of sp³-hybridized carbons (Fsp3) is 0.250. The number of primary amides is 1. The van der Waals surface area contributed by atoms with Crippen LogP contribution in [0.25, 0.3) is 0 Å². The summed E-state index contributed by atoms with van der Waals surface area (Å²) >= 11 is 0. The summed E-state index contributed by atoms with van der Waals surface area (Å²) in [5, 5.41) is 7.19. The molecule has 0 radical (unpaired) electrons. The van der Waals surface area contributed by atoms with Crippen molar-refractivity contribution in [3.05, 3.63) is 12.7 Å². The summed E-state index contributed by atoms with van der Waals surface area (Å²) in [4.78, 5) is 8.78. The Morgan fingerprint density at radius 2 is 1.70 bits per heavy atom. The molecule has 0 fully saturated rings. The quantitative estimate of drug-likeness (QED) is 0.521. The molecule has 0 bridgehead atoms. The number of allylic oxidation sites excluding steroid dienone is 1. The third-order valence-corrected chi connectivity index (χ3v) is 0.231. The topological polar surface area (TPSA) is 63.3 Å². The highest BCUT2D eigenvalue weighted by molar-refractivity contribution is 5.61. The minimum atomic E-state index is -4.19. The first-order valence-corrected chi connectivity index (χ1v) is 1.98. The second kappa shape index (κ2) is 4.66. The SMILES string of the molecule is C=CC(F)(F)F.NC(=O)O. The van der Waals surface area contributed by atoms with Gasteiger partial charge in [0, 0.05) is 6.08 Å². The van der Waals surface area contributed by atoms with Crippen molar-refractivity contribution in [2.75, 3.05) is 0 Å². The van der Waals surface area contributed by atoms with Crippen LogP contribution in [0.4, 0.5) is 18.0 Å². The van der Waals surface area contributed by atoms with Gasteiger partial charge >= 0.3 is 12.3 Å². The lowest BCUT2D eigenvalue weighted by Crippen LogP contribution is -2.03. The summed E-state index contributed by atoms with van der Waals surface area (Å²) in [6.45, 7) is 2.51. The molecule has 0 spiro atoms. The average Bonchev–Trinajstić information content (AvgIpc) is 1.63. The van der Waals surface area contributed by atoms with Crippen LogP contribution in [0.2, 0.25) is 0 Å². The van der Waals surface area contributed by atoms with Crippen LogP contribution < -0.4 is 5.73 Å². The predicted octanol–water partition coefficient (Wildman–Crippen LogP) is 1.36. The molecular weight excluding hydrogens is 151 g/mol. The molecule has 0 atom stereocenters. The lowest BCUT2D eigenvalue weighted by molar-refractivity contribution is -0.0795. The molecule has 3 N–H and O–H groups in total. The summed E-state index contributed by atoms with van der Waals surface area (Å²) < 4.78 is 32.0. The third kappa shape index (κ3) is 70.6. The zero-order chi connectivity index (χ0) is 8.78. The van der Waals surface area contributed by atoms with E-state index in [1.54, 1.807) is 0 Å². The monoisotopic (exact) mass is 157 g/mol. The van der Waals surface area contributed by atoms with Crippen LogP contribution in [0.15, 0.2) is 12.7 Å². The molecule has 0 aliphatic heterocycles. The summed E-state index contributed by atoms with van der Waals surface area (Å²) in [6.07, 6.45) is -5.59. The largest absolute Gasteiger partial charge is 0.465 e. The number of amides is 1. The summed E-state index contributed by atoms with van der Waals surface area (Å²) in [6, 6.07) is 0. The molecule has 3 nitrogen and oxygen atoms in total. The van der Waals surface area contributed by atoms with Gasteiger partial charge in [-0.15, -0.1) is 0 Å². The normalized spacial score (nSPS) is 9.10. The second-order valence-corrected chi connectivity index (χ2v) is 1.08. The molecule has 6 heteroatoms.